The molecule has 3 aliphatic rings. The topological polar surface area (TPSA) is 120 Å². The van der Waals surface area contributed by atoms with Gasteiger partial charge in [-0.3, -0.25) is 14.3 Å². The van der Waals surface area contributed by atoms with Gasteiger partial charge in [0.15, 0.2) is 6.10 Å². The normalized spacial score (nSPS) is 19.8. The number of nitrogens with one attached hydrogen (secondary N) is 1. The van der Waals surface area contributed by atoms with Gasteiger partial charge in [0.05, 0.1) is 27.8 Å². The first-order valence-electron chi connectivity index (χ1n) is 17.0. The van der Waals surface area contributed by atoms with Gasteiger partial charge in [-0.25, -0.2) is 9.59 Å². The molecule has 0 spiro atoms. The fraction of sp³-hybridized carbons (Fsp3) is 0.559. The third-order valence-corrected chi connectivity index (χ3v) is 10.3. The van der Waals surface area contributed by atoms with Crippen LogP contribution in [0.5, 0.6) is 0 Å². The lowest BCUT2D eigenvalue weighted by molar-refractivity contribution is -0.142. The van der Waals surface area contributed by atoms with Crippen LogP contribution < -0.4 is 11.4 Å². The van der Waals surface area contributed by atoms with Crippen LogP contribution in [-0.2, 0) is 28.3 Å². The molecule has 2 aromatic carbocycles. The molecule has 51 heavy (non-hydrogen) atoms. The van der Waals surface area contributed by atoms with E-state index < -0.39 is 59.3 Å². The Morgan fingerprint density at radius 1 is 0.843 bits per heavy atom. The predicted octanol–water partition coefficient (Wildman–Crippen LogP) is 4.57. The van der Waals surface area contributed by atoms with E-state index in [1.165, 1.54) is 9.80 Å². The maximum atomic E-state index is 13.9. The Morgan fingerprint density at radius 3 is 1.98 bits per heavy atom. The summed E-state index contributed by atoms with van der Waals surface area (Å²) in [6, 6.07) is 8.12. The number of amides is 2. The molecule has 3 aromatic rings. The van der Waals surface area contributed by atoms with Gasteiger partial charge in [0, 0.05) is 70.9 Å². The number of hydrogen-bond donors (Lipinski definition) is 2. The molecule has 6 rings (SSSR count). The Kier molecular flexibility index (Phi) is 10.3. The number of nitrogens with zero attached hydrogens (tertiary/aromatic N) is 5. The van der Waals surface area contributed by atoms with Gasteiger partial charge in [-0.2, -0.15) is 26.3 Å². The number of alkyl halides is 6. The number of fused-ring (bicyclic) bond motifs is 1. The first-order chi connectivity index (χ1) is 24.1. The molecule has 2 amide bonds. The van der Waals surface area contributed by atoms with Crippen LogP contribution in [0.3, 0.4) is 0 Å². The zero-order valence-electron chi connectivity index (χ0n) is 28.1. The minimum atomic E-state index is -5.21. The number of H-pyrrole nitrogens is 1. The van der Waals surface area contributed by atoms with E-state index in [2.05, 4.69) is 14.8 Å². The first-order valence-corrected chi connectivity index (χ1v) is 17.0. The Balaban J connectivity index is 1.20. The molecule has 0 saturated carbocycles. The van der Waals surface area contributed by atoms with Gasteiger partial charge in [0.1, 0.15) is 0 Å². The quantitative estimate of drug-likeness (QED) is 0.282. The van der Waals surface area contributed by atoms with Gasteiger partial charge < -0.3 is 30.2 Å². The van der Waals surface area contributed by atoms with E-state index in [1.54, 1.807) is 22.8 Å². The molecule has 11 nitrogen and oxygen atoms in total. The summed E-state index contributed by atoms with van der Waals surface area (Å²) in [4.78, 5) is 50.4. The SMILES string of the molecule is CN1CCN(C2CCN(C(=O)[C@@H](Cc3cc(C(F)(F)F)c(N)c(C(F)(F)F)c3)OC(=O)N3CCC(n4c(=O)[nH]c5ccccc54)CC3)CC2)CC1. The van der Waals surface area contributed by atoms with Crippen LogP contribution in [0.25, 0.3) is 11.0 Å². The van der Waals surface area contributed by atoms with Crippen LogP contribution in [0.1, 0.15) is 48.4 Å². The third-order valence-electron chi connectivity index (χ3n) is 10.3. The maximum Gasteiger partial charge on any atom is 0.418 e. The van der Waals surface area contributed by atoms with E-state index in [1.807, 2.05) is 13.1 Å². The monoisotopic (exact) mass is 725 g/mol. The lowest BCUT2D eigenvalue weighted by atomic mass is 9.97. The number of nitrogens with two attached hydrogens (primary N) is 1. The number of aromatic nitrogens is 2. The number of likely N-dealkylation sites (N-methyl/N-ethyl adjacent to an activating group) is 1. The van der Waals surface area contributed by atoms with E-state index in [0.717, 1.165) is 26.2 Å². The summed E-state index contributed by atoms with van der Waals surface area (Å²) < 4.78 is 90.4. The summed E-state index contributed by atoms with van der Waals surface area (Å²) in [6.45, 7) is 4.44. The Hall–Kier alpha value is -4.25. The molecular formula is C34H41F6N7O4. The second-order valence-electron chi connectivity index (χ2n) is 13.6. The van der Waals surface area contributed by atoms with Crippen LogP contribution in [0, 0.1) is 0 Å². The van der Waals surface area contributed by atoms with Crippen molar-refractivity contribution in [1.29, 1.82) is 0 Å². The van der Waals surface area contributed by atoms with Crippen molar-refractivity contribution in [2.24, 2.45) is 0 Å². The smallest absolute Gasteiger partial charge is 0.418 e. The van der Waals surface area contributed by atoms with Crippen molar-refractivity contribution in [2.45, 2.75) is 62.6 Å². The Bertz CT molecular complexity index is 1750. The number of ether oxygens (including phenoxy) is 1. The molecule has 3 fully saturated rings. The number of halogens is 6. The lowest BCUT2D eigenvalue weighted by Gasteiger charge is -2.42. The van der Waals surface area contributed by atoms with Crippen molar-refractivity contribution in [2.75, 3.05) is 65.1 Å². The highest BCUT2D eigenvalue weighted by Crippen LogP contribution is 2.42. The predicted molar refractivity (Wildman–Crippen MR) is 176 cm³/mol. The highest BCUT2D eigenvalue weighted by molar-refractivity contribution is 5.84. The summed E-state index contributed by atoms with van der Waals surface area (Å²) in [7, 11) is 2.05. The minimum absolute atomic E-state index is 0.144. The van der Waals surface area contributed by atoms with E-state index in [-0.39, 0.29) is 44.0 Å². The van der Waals surface area contributed by atoms with Crippen molar-refractivity contribution < 1.29 is 40.7 Å². The van der Waals surface area contributed by atoms with Crippen molar-refractivity contribution in [3.8, 4) is 0 Å². The number of aromatic amines is 1. The Morgan fingerprint density at radius 2 is 1.39 bits per heavy atom. The lowest BCUT2D eigenvalue weighted by Crippen LogP contribution is -2.54. The average Bonchev–Trinajstić information content (AvgIpc) is 3.43. The highest BCUT2D eigenvalue weighted by atomic mass is 19.4. The van der Waals surface area contributed by atoms with Gasteiger partial charge in [-0.1, -0.05) is 12.1 Å². The van der Waals surface area contributed by atoms with E-state index in [4.69, 9.17) is 10.5 Å². The van der Waals surface area contributed by atoms with Gasteiger partial charge in [0.2, 0.25) is 0 Å². The summed E-state index contributed by atoms with van der Waals surface area (Å²) in [6.07, 6.45) is -11.8. The zero-order valence-corrected chi connectivity index (χ0v) is 28.1. The molecule has 3 saturated heterocycles. The van der Waals surface area contributed by atoms with Crippen molar-refractivity contribution in [1.82, 2.24) is 29.2 Å². The molecule has 0 aliphatic carbocycles. The number of anilines is 1. The van der Waals surface area contributed by atoms with E-state index in [9.17, 15) is 40.7 Å². The Labute approximate surface area is 289 Å². The number of carbonyl (C=O) groups excluding carboxylic acids is 2. The number of imidazole rings is 1. The molecule has 0 bridgehead atoms. The molecule has 0 unspecified atom stereocenters. The number of para-hydroxylation sites is 2. The van der Waals surface area contributed by atoms with E-state index >= 15 is 0 Å². The standard InChI is InChI=1S/C34H41F6N7O4/c1-43-14-16-44(17-15-43)22-6-10-45(11-7-22)30(48)28(20-21-18-24(33(35,36)37)29(41)25(19-21)34(38,39)40)51-32(50)46-12-8-23(9-13-46)47-27-5-3-2-4-26(27)42-31(47)49/h2-5,18-19,22-23,28H,6-17,20,41H2,1H3,(H,42,49)/t28-/m1/s1. The van der Waals surface area contributed by atoms with Gasteiger partial charge >= 0.3 is 24.1 Å². The van der Waals surface area contributed by atoms with Gasteiger partial charge in [0.25, 0.3) is 5.91 Å². The van der Waals surface area contributed by atoms with Crippen LogP contribution in [0.4, 0.5) is 36.8 Å². The molecule has 17 heteroatoms. The first kappa shape index (κ1) is 36.5. The van der Waals surface area contributed by atoms with Crippen LogP contribution >= 0.6 is 0 Å². The highest BCUT2D eigenvalue weighted by Gasteiger charge is 2.42. The molecule has 0 radical (unpaired) electrons. The van der Waals surface area contributed by atoms with Crippen molar-refractivity contribution in [3.63, 3.8) is 0 Å². The fourth-order valence-corrected chi connectivity index (χ4v) is 7.48. The minimum Gasteiger partial charge on any atom is -0.436 e. The second kappa shape index (κ2) is 14.4. The second-order valence-corrected chi connectivity index (χ2v) is 13.6. The molecule has 4 heterocycles. The van der Waals surface area contributed by atoms with E-state index in [0.29, 0.717) is 48.8 Å². The van der Waals surface area contributed by atoms with Crippen LogP contribution in [0.2, 0.25) is 0 Å². The van der Waals surface area contributed by atoms with Crippen molar-refractivity contribution in [3.05, 3.63) is 63.6 Å². The maximum absolute atomic E-state index is 13.9. The summed E-state index contributed by atoms with van der Waals surface area (Å²) in [5.41, 5.74) is 1.09. The summed E-state index contributed by atoms with van der Waals surface area (Å²) in [5.74, 6) is -0.695. The van der Waals surface area contributed by atoms with Crippen molar-refractivity contribution >= 4 is 28.7 Å². The number of piperazine rings is 1. The average molecular weight is 726 g/mol. The molecule has 1 aromatic heterocycles. The molecule has 3 aliphatic heterocycles. The van der Waals surface area contributed by atoms with Gasteiger partial charge in [-0.15, -0.1) is 0 Å². The van der Waals surface area contributed by atoms with Crippen LogP contribution in [-0.4, -0.2) is 113 Å². The summed E-state index contributed by atoms with van der Waals surface area (Å²) >= 11 is 0. The summed E-state index contributed by atoms with van der Waals surface area (Å²) in [5, 5.41) is 0. The largest absolute Gasteiger partial charge is 0.436 e. The number of piperidine rings is 2. The molecular weight excluding hydrogens is 684 g/mol. The zero-order chi connectivity index (χ0) is 36.7. The number of hydrogen-bond acceptors (Lipinski definition) is 7. The number of benzene rings is 2. The third kappa shape index (κ3) is 7.98. The number of carbonyl (C=O) groups is 2. The van der Waals surface area contributed by atoms with Gasteiger partial charge in [-0.05, 0) is 62.6 Å². The number of likely N-dealkylation sites (tertiary alicyclic amines) is 2. The molecule has 1 atom stereocenters. The van der Waals surface area contributed by atoms with Crippen LogP contribution in [0.15, 0.2) is 41.2 Å². The molecule has 3 N–H and O–H groups in total. The molecule has 278 valence electrons. The fourth-order valence-electron chi connectivity index (χ4n) is 7.48. The number of rotatable bonds is 6. The number of nitrogen functional groups attached to an aromatic ring is 1.